The summed E-state index contributed by atoms with van der Waals surface area (Å²) in [5, 5.41) is 3.23. The lowest BCUT2D eigenvalue weighted by atomic mass is 9.98. The average Bonchev–Trinajstić information content (AvgIpc) is 3.29. The van der Waals surface area contributed by atoms with Crippen molar-refractivity contribution in [3.63, 3.8) is 0 Å². The molecule has 3 aromatic rings. The van der Waals surface area contributed by atoms with Gasteiger partial charge in [-0.15, -0.1) is 0 Å². The second-order valence-electron chi connectivity index (χ2n) is 8.18. The van der Waals surface area contributed by atoms with Gasteiger partial charge < -0.3 is 14.6 Å². The molecule has 1 unspecified atom stereocenters. The predicted octanol–water partition coefficient (Wildman–Crippen LogP) is 3.64. The van der Waals surface area contributed by atoms with Gasteiger partial charge in [0.25, 0.3) is 5.91 Å². The summed E-state index contributed by atoms with van der Waals surface area (Å²) in [4.78, 5) is 29.7. The molecule has 6 heteroatoms. The maximum atomic E-state index is 13.2. The first-order chi connectivity index (χ1) is 15.5. The highest BCUT2D eigenvalue weighted by Crippen LogP contribution is 2.22. The number of carbonyl (C=O) groups is 2. The van der Waals surface area contributed by atoms with Crippen LogP contribution in [-0.2, 0) is 4.79 Å². The van der Waals surface area contributed by atoms with Crippen molar-refractivity contribution in [3.05, 3.63) is 95.4 Å². The minimum absolute atomic E-state index is 0.0239. The van der Waals surface area contributed by atoms with E-state index in [0.717, 1.165) is 16.9 Å². The molecule has 1 aliphatic rings. The minimum Gasteiger partial charge on any atom is -0.456 e. The fourth-order valence-electron chi connectivity index (χ4n) is 4.10. The highest BCUT2D eigenvalue weighted by molar-refractivity contribution is 5.91. The van der Waals surface area contributed by atoms with E-state index in [2.05, 4.69) is 10.2 Å². The molecule has 166 valence electrons. The van der Waals surface area contributed by atoms with Gasteiger partial charge in [0.05, 0.1) is 12.1 Å². The van der Waals surface area contributed by atoms with E-state index in [1.165, 1.54) is 0 Å². The van der Waals surface area contributed by atoms with E-state index >= 15 is 0 Å². The number of amides is 2. The van der Waals surface area contributed by atoms with Gasteiger partial charge in [0.15, 0.2) is 5.76 Å². The molecular formula is C26H29N3O3. The molecule has 0 saturated carbocycles. The zero-order chi connectivity index (χ0) is 22.5. The normalized spacial score (nSPS) is 15.5. The largest absolute Gasteiger partial charge is 0.456 e. The number of furan rings is 1. The van der Waals surface area contributed by atoms with Crippen molar-refractivity contribution in [2.24, 2.45) is 0 Å². The standard InChI is InChI=1S/C26H29N3O3/c1-19-13-14-23(32-19)26(31)29-17-15-28(16-18-29)20(2)25(30)27-24(21-9-5-3-6-10-21)22-11-7-4-8-12-22/h3-14,20,24H,15-18H2,1-2H3,(H,27,30). The molecule has 32 heavy (non-hydrogen) atoms. The molecule has 6 nitrogen and oxygen atoms in total. The number of piperazine rings is 1. The summed E-state index contributed by atoms with van der Waals surface area (Å²) in [5.41, 5.74) is 2.09. The number of nitrogens with zero attached hydrogens (tertiary/aromatic N) is 2. The molecule has 1 fully saturated rings. The lowest BCUT2D eigenvalue weighted by Gasteiger charge is -2.37. The van der Waals surface area contributed by atoms with E-state index < -0.39 is 0 Å². The molecule has 1 N–H and O–H groups in total. The van der Waals surface area contributed by atoms with Crippen LogP contribution in [0.4, 0.5) is 0 Å². The van der Waals surface area contributed by atoms with Crippen LogP contribution in [0.3, 0.4) is 0 Å². The molecule has 2 amide bonds. The van der Waals surface area contributed by atoms with Gasteiger partial charge in [-0.3, -0.25) is 14.5 Å². The number of benzene rings is 2. The molecule has 1 saturated heterocycles. The zero-order valence-corrected chi connectivity index (χ0v) is 18.5. The van der Waals surface area contributed by atoms with E-state index in [-0.39, 0.29) is 23.9 Å². The fraction of sp³-hybridized carbons (Fsp3) is 0.308. The van der Waals surface area contributed by atoms with Crippen molar-refractivity contribution in [1.29, 1.82) is 0 Å². The van der Waals surface area contributed by atoms with Crippen LogP contribution in [0, 0.1) is 6.92 Å². The van der Waals surface area contributed by atoms with E-state index in [9.17, 15) is 9.59 Å². The lowest BCUT2D eigenvalue weighted by Crippen LogP contribution is -2.55. The number of carbonyl (C=O) groups excluding carboxylic acids is 2. The smallest absolute Gasteiger partial charge is 0.289 e. The van der Waals surface area contributed by atoms with Gasteiger partial charge in [0.1, 0.15) is 5.76 Å². The molecule has 2 heterocycles. The Balaban J connectivity index is 1.39. The Morgan fingerprint density at radius 2 is 1.41 bits per heavy atom. The van der Waals surface area contributed by atoms with E-state index in [1.54, 1.807) is 17.0 Å². The molecule has 0 radical (unpaired) electrons. The number of nitrogens with one attached hydrogen (secondary N) is 1. The fourth-order valence-corrected chi connectivity index (χ4v) is 4.10. The minimum atomic E-state index is -0.298. The quantitative estimate of drug-likeness (QED) is 0.647. The summed E-state index contributed by atoms with van der Waals surface area (Å²) in [5.74, 6) is 0.978. The van der Waals surface area contributed by atoms with Crippen LogP contribution in [0.15, 0.2) is 77.2 Å². The summed E-state index contributed by atoms with van der Waals surface area (Å²) in [6, 6.07) is 23.0. The van der Waals surface area contributed by atoms with E-state index in [4.69, 9.17) is 4.42 Å². The number of hydrogen-bond donors (Lipinski definition) is 1. The first kappa shape index (κ1) is 21.8. The molecule has 0 bridgehead atoms. The van der Waals surface area contributed by atoms with Crippen molar-refractivity contribution in [1.82, 2.24) is 15.1 Å². The number of aryl methyl sites for hydroxylation is 1. The van der Waals surface area contributed by atoms with Crippen molar-refractivity contribution in [3.8, 4) is 0 Å². The Kier molecular flexibility index (Phi) is 6.71. The summed E-state index contributed by atoms with van der Waals surface area (Å²) < 4.78 is 5.47. The lowest BCUT2D eigenvalue weighted by molar-refractivity contribution is -0.127. The average molecular weight is 432 g/mol. The third kappa shape index (κ3) is 4.92. The summed E-state index contributed by atoms with van der Waals surface area (Å²) in [6.45, 7) is 6.17. The van der Waals surface area contributed by atoms with Gasteiger partial charge in [-0.2, -0.15) is 0 Å². The molecule has 1 aromatic heterocycles. The Morgan fingerprint density at radius 3 is 1.91 bits per heavy atom. The van der Waals surface area contributed by atoms with Gasteiger partial charge in [-0.05, 0) is 37.1 Å². The second kappa shape index (κ2) is 9.83. The predicted molar refractivity (Wildman–Crippen MR) is 123 cm³/mol. The molecule has 0 aliphatic carbocycles. The molecule has 4 rings (SSSR count). The van der Waals surface area contributed by atoms with Crippen LogP contribution >= 0.6 is 0 Å². The second-order valence-corrected chi connectivity index (χ2v) is 8.18. The Morgan fingerprint density at radius 1 is 0.844 bits per heavy atom. The summed E-state index contributed by atoms with van der Waals surface area (Å²) in [7, 11) is 0. The van der Waals surface area contributed by atoms with E-state index in [0.29, 0.717) is 31.9 Å². The Labute approximate surface area is 188 Å². The summed E-state index contributed by atoms with van der Waals surface area (Å²) in [6.07, 6.45) is 0. The van der Waals surface area contributed by atoms with Gasteiger partial charge in [0.2, 0.25) is 5.91 Å². The van der Waals surface area contributed by atoms with Crippen LogP contribution < -0.4 is 5.32 Å². The van der Waals surface area contributed by atoms with Gasteiger partial charge >= 0.3 is 0 Å². The first-order valence-electron chi connectivity index (χ1n) is 11.0. The van der Waals surface area contributed by atoms with Crippen molar-refractivity contribution in [2.75, 3.05) is 26.2 Å². The molecule has 2 aromatic carbocycles. The summed E-state index contributed by atoms with van der Waals surface area (Å²) >= 11 is 0. The first-order valence-corrected chi connectivity index (χ1v) is 11.0. The van der Waals surface area contributed by atoms with Crippen LogP contribution in [0.2, 0.25) is 0 Å². The van der Waals surface area contributed by atoms with Crippen LogP contribution in [0.1, 0.15) is 40.4 Å². The van der Waals surface area contributed by atoms with Crippen molar-refractivity contribution < 1.29 is 14.0 Å². The number of hydrogen-bond acceptors (Lipinski definition) is 4. The molecule has 1 atom stereocenters. The van der Waals surface area contributed by atoms with Crippen LogP contribution in [0.5, 0.6) is 0 Å². The van der Waals surface area contributed by atoms with Crippen LogP contribution in [0.25, 0.3) is 0 Å². The SMILES string of the molecule is Cc1ccc(C(=O)N2CCN(C(C)C(=O)NC(c3ccccc3)c3ccccc3)CC2)o1. The van der Waals surface area contributed by atoms with Gasteiger partial charge in [-0.25, -0.2) is 0 Å². The van der Waals surface area contributed by atoms with Crippen molar-refractivity contribution in [2.45, 2.75) is 25.9 Å². The zero-order valence-electron chi connectivity index (χ0n) is 18.5. The maximum Gasteiger partial charge on any atom is 0.289 e. The highest BCUT2D eigenvalue weighted by Gasteiger charge is 2.30. The number of rotatable bonds is 6. The third-order valence-corrected chi connectivity index (χ3v) is 6.03. The topological polar surface area (TPSA) is 65.8 Å². The van der Waals surface area contributed by atoms with Crippen LogP contribution in [-0.4, -0.2) is 53.8 Å². The maximum absolute atomic E-state index is 13.2. The third-order valence-electron chi connectivity index (χ3n) is 6.03. The molecule has 1 aliphatic heterocycles. The van der Waals surface area contributed by atoms with E-state index in [1.807, 2.05) is 74.5 Å². The van der Waals surface area contributed by atoms with Gasteiger partial charge in [-0.1, -0.05) is 60.7 Å². The highest BCUT2D eigenvalue weighted by atomic mass is 16.3. The van der Waals surface area contributed by atoms with Gasteiger partial charge in [0, 0.05) is 26.2 Å². The Hall–Kier alpha value is -3.38. The molecule has 0 spiro atoms. The monoisotopic (exact) mass is 431 g/mol. The Bertz CT molecular complexity index is 1000. The van der Waals surface area contributed by atoms with Crippen molar-refractivity contribution >= 4 is 11.8 Å². The molecular weight excluding hydrogens is 402 g/mol.